The number of carbonyl (C=O) groups excluding carboxylic acids is 2. The Balaban J connectivity index is 1.86. The van der Waals surface area contributed by atoms with E-state index in [4.69, 9.17) is 16.3 Å². The van der Waals surface area contributed by atoms with Crippen LogP contribution in [0.25, 0.3) is 5.76 Å². The van der Waals surface area contributed by atoms with E-state index in [1.165, 1.54) is 11.1 Å². The number of aliphatic hydroxyl groups is 1. The maximum atomic E-state index is 13.1. The molecule has 2 aromatic carbocycles. The minimum atomic E-state index is -0.879. The van der Waals surface area contributed by atoms with Gasteiger partial charge >= 0.3 is 5.91 Å². The molecule has 0 spiro atoms. The maximum absolute atomic E-state index is 13.1. The second kappa shape index (κ2) is 8.85. The Kier molecular flexibility index (Phi) is 5.97. The van der Waals surface area contributed by atoms with Crippen molar-refractivity contribution in [1.82, 2.24) is 4.98 Å². The van der Waals surface area contributed by atoms with Crippen LogP contribution in [0.2, 0.25) is 5.02 Å². The van der Waals surface area contributed by atoms with Gasteiger partial charge in [-0.05, 0) is 67.9 Å². The number of amides is 1. The summed E-state index contributed by atoms with van der Waals surface area (Å²) in [6.45, 7) is 3.83. The molecule has 1 aliphatic rings. The topological polar surface area (TPSA) is 79.7 Å². The first kappa shape index (κ1) is 21.6. The van der Waals surface area contributed by atoms with E-state index < -0.39 is 17.7 Å². The third kappa shape index (κ3) is 4.09. The maximum Gasteiger partial charge on any atom is 0.301 e. The third-order valence-electron chi connectivity index (χ3n) is 5.00. The Morgan fingerprint density at radius 3 is 2.44 bits per heavy atom. The molecule has 1 N–H and O–H groups in total. The van der Waals surface area contributed by atoms with Crippen molar-refractivity contribution >= 4 is 34.9 Å². The largest absolute Gasteiger partial charge is 0.507 e. The van der Waals surface area contributed by atoms with E-state index in [1.54, 1.807) is 66.7 Å². The first-order valence-corrected chi connectivity index (χ1v) is 10.5. The van der Waals surface area contributed by atoms with Crippen LogP contribution in [-0.2, 0) is 9.59 Å². The number of ketones is 1. The number of hydrogen-bond donors (Lipinski definition) is 1. The summed E-state index contributed by atoms with van der Waals surface area (Å²) in [5.41, 5.74) is 0.955. The second-order valence-electron chi connectivity index (χ2n) is 7.60. The fourth-order valence-corrected chi connectivity index (χ4v) is 3.87. The van der Waals surface area contributed by atoms with Crippen molar-refractivity contribution in [2.75, 3.05) is 4.90 Å². The van der Waals surface area contributed by atoms with Crippen LogP contribution in [-0.4, -0.2) is 27.9 Å². The number of carbonyl (C=O) groups is 2. The van der Waals surface area contributed by atoms with Gasteiger partial charge in [0.25, 0.3) is 5.78 Å². The van der Waals surface area contributed by atoms with Gasteiger partial charge in [-0.25, -0.2) is 4.98 Å². The summed E-state index contributed by atoms with van der Waals surface area (Å²) >= 11 is 6.20. The van der Waals surface area contributed by atoms with Crippen LogP contribution in [0.3, 0.4) is 0 Å². The van der Waals surface area contributed by atoms with Gasteiger partial charge < -0.3 is 9.84 Å². The molecule has 32 heavy (non-hydrogen) atoms. The van der Waals surface area contributed by atoms with Gasteiger partial charge in [-0.1, -0.05) is 29.8 Å². The molecule has 1 aromatic heterocycles. The predicted octanol–water partition coefficient (Wildman–Crippen LogP) is 5.15. The molecule has 0 saturated carbocycles. The Morgan fingerprint density at radius 1 is 1.06 bits per heavy atom. The fourth-order valence-electron chi connectivity index (χ4n) is 3.68. The van der Waals surface area contributed by atoms with E-state index in [9.17, 15) is 14.7 Å². The van der Waals surface area contributed by atoms with E-state index in [-0.39, 0.29) is 17.4 Å². The Labute approximate surface area is 190 Å². The standard InChI is InChI=1S/C25H21ClN2O4/c1-15(2)32-19-11-9-16(10-12-19)23(29)21-22(17-6-5-7-18(26)14-17)28(25(31)24(21)30)20-8-3-4-13-27-20/h3-15,22,29H,1-2H3/b23-21+. The minimum absolute atomic E-state index is 0.000901. The molecular formula is C25H21ClN2O4. The first-order valence-electron chi connectivity index (χ1n) is 10.1. The molecule has 1 fully saturated rings. The highest BCUT2D eigenvalue weighted by Gasteiger charge is 2.47. The molecule has 1 unspecified atom stereocenters. The van der Waals surface area contributed by atoms with Gasteiger partial charge in [0.1, 0.15) is 17.3 Å². The van der Waals surface area contributed by atoms with Gasteiger partial charge in [-0.3, -0.25) is 14.5 Å². The normalized spacial score (nSPS) is 17.8. The highest BCUT2D eigenvalue weighted by molar-refractivity contribution is 6.51. The average Bonchev–Trinajstić information content (AvgIpc) is 3.05. The van der Waals surface area contributed by atoms with E-state index in [0.717, 1.165) is 0 Å². The zero-order valence-corrected chi connectivity index (χ0v) is 18.3. The van der Waals surface area contributed by atoms with Gasteiger partial charge in [0.15, 0.2) is 0 Å². The number of aromatic nitrogens is 1. The number of ether oxygens (including phenoxy) is 1. The summed E-state index contributed by atoms with van der Waals surface area (Å²) in [4.78, 5) is 31.7. The number of rotatable bonds is 5. The molecule has 162 valence electrons. The first-order chi connectivity index (χ1) is 15.4. The highest BCUT2D eigenvalue weighted by atomic mass is 35.5. The number of anilines is 1. The molecule has 1 aliphatic heterocycles. The van der Waals surface area contributed by atoms with Gasteiger partial charge in [0.2, 0.25) is 0 Å². The average molecular weight is 449 g/mol. The van der Waals surface area contributed by atoms with Crippen molar-refractivity contribution in [3.63, 3.8) is 0 Å². The molecule has 1 amide bonds. The van der Waals surface area contributed by atoms with Crippen LogP contribution in [0.4, 0.5) is 5.82 Å². The number of hydrogen-bond acceptors (Lipinski definition) is 5. The molecule has 3 aromatic rings. The highest BCUT2D eigenvalue weighted by Crippen LogP contribution is 2.42. The summed E-state index contributed by atoms with van der Waals surface area (Å²) in [5.74, 6) is -0.894. The lowest BCUT2D eigenvalue weighted by Gasteiger charge is -2.24. The van der Waals surface area contributed by atoms with Gasteiger partial charge in [0, 0.05) is 16.8 Å². The van der Waals surface area contributed by atoms with Crippen molar-refractivity contribution in [2.45, 2.75) is 26.0 Å². The number of Topliss-reactive ketones (excluding diaryl/α,β-unsaturated/α-hetero) is 1. The van der Waals surface area contributed by atoms with E-state index in [0.29, 0.717) is 27.7 Å². The van der Waals surface area contributed by atoms with Crippen molar-refractivity contribution in [3.05, 3.63) is 94.6 Å². The van der Waals surface area contributed by atoms with Crippen LogP contribution in [0, 0.1) is 0 Å². The smallest absolute Gasteiger partial charge is 0.301 e. The van der Waals surface area contributed by atoms with Crippen LogP contribution in [0.15, 0.2) is 78.5 Å². The molecule has 0 aliphatic carbocycles. The zero-order valence-electron chi connectivity index (χ0n) is 17.5. The number of aliphatic hydroxyl groups excluding tert-OH is 1. The van der Waals surface area contributed by atoms with Crippen molar-refractivity contribution < 1.29 is 19.4 Å². The summed E-state index contributed by atoms with van der Waals surface area (Å²) in [6, 6.07) is 17.8. The number of pyridine rings is 1. The third-order valence-corrected chi connectivity index (χ3v) is 5.24. The molecule has 2 heterocycles. The molecule has 6 nitrogen and oxygen atoms in total. The molecular weight excluding hydrogens is 428 g/mol. The summed E-state index contributed by atoms with van der Waals surface area (Å²) < 4.78 is 5.64. The molecule has 0 bridgehead atoms. The van der Waals surface area contributed by atoms with E-state index >= 15 is 0 Å². The SMILES string of the molecule is CC(C)Oc1ccc(/C(O)=C2\C(=O)C(=O)N(c3ccccn3)C2c2cccc(Cl)c2)cc1. The summed E-state index contributed by atoms with van der Waals surface area (Å²) in [6.07, 6.45) is 1.54. The second-order valence-corrected chi connectivity index (χ2v) is 8.04. The van der Waals surface area contributed by atoms with Crippen LogP contribution in [0.1, 0.15) is 31.0 Å². The summed E-state index contributed by atoms with van der Waals surface area (Å²) in [7, 11) is 0. The molecule has 4 rings (SSSR count). The lowest BCUT2D eigenvalue weighted by Crippen LogP contribution is -2.30. The Hall–Kier alpha value is -3.64. The lowest BCUT2D eigenvalue weighted by molar-refractivity contribution is -0.132. The van der Waals surface area contributed by atoms with Crippen LogP contribution in [0.5, 0.6) is 5.75 Å². The number of benzene rings is 2. The fraction of sp³-hybridized carbons (Fsp3) is 0.160. The molecule has 0 radical (unpaired) electrons. The minimum Gasteiger partial charge on any atom is -0.507 e. The van der Waals surface area contributed by atoms with E-state index in [2.05, 4.69) is 4.98 Å². The summed E-state index contributed by atoms with van der Waals surface area (Å²) in [5, 5.41) is 11.6. The monoisotopic (exact) mass is 448 g/mol. The van der Waals surface area contributed by atoms with Crippen molar-refractivity contribution in [3.8, 4) is 5.75 Å². The Bertz CT molecular complexity index is 1190. The van der Waals surface area contributed by atoms with Crippen molar-refractivity contribution in [2.24, 2.45) is 0 Å². The zero-order chi connectivity index (χ0) is 22.8. The van der Waals surface area contributed by atoms with Gasteiger partial charge in [0.05, 0.1) is 17.7 Å². The van der Waals surface area contributed by atoms with E-state index in [1.807, 2.05) is 13.8 Å². The number of nitrogens with zero attached hydrogens (tertiary/aromatic N) is 2. The Morgan fingerprint density at radius 2 is 1.81 bits per heavy atom. The molecule has 1 atom stereocenters. The predicted molar refractivity (Wildman–Crippen MR) is 123 cm³/mol. The van der Waals surface area contributed by atoms with Crippen LogP contribution >= 0.6 is 11.6 Å². The van der Waals surface area contributed by atoms with Crippen LogP contribution < -0.4 is 9.64 Å². The van der Waals surface area contributed by atoms with Gasteiger partial charge in [-0.2, -0.15) is 0 Å². The van der Waals surface area contributed by atoms with Gasteiger partial charge in [-0.15, -0.1) is 0 Å². The van der Waals surface area contributed by atoms with Crippen molar-refractivity contribution in [1.29, 1.82) is 0 Å². The molecule has 7 heteroatoms. The molecule has 1 saturated heterocycles. The quantitative estimate of drug-likeness (QED) is 0.332. The number of halogens is 1. The lowest BCUT2D eigenvalue weighted by atomic mass is 9.95.